The maximum atomic E-state index is 6.15. The topological polar surface area (TPSA) is 39.9 Å². The van der Waals surface area contributed by atoms with Crippen LogP contribution < -0.4 is 4.74 Å². The summed E-state index contributed by atoms with van der Waals surface area (Å²) in [6.45, 7) is 4.65. The summed E-state index contributed by atoms with van der Waals surface area (Å²) in [6.07, 6.45) is 1.81. The maximum Gasteiger partial charge on any atom is 0.191 e. The molecule has 0 unspecified atom stereocenters. The number of allylic oxidation sites excluding steroid dienone is 1. The van der Waals surface area contributed by atoms with E-state index in [0.717, 1.165) is 15.4 Å². The average molecular weight is 485 g/mol. The summed E-state index contributed by atoms with van der Waals surface area (Å²) in [5.74, 6) is 2.00. The van der Waals surface area contributed by atoms with Crippen molar-refractivity contribution >= 4 is 50.9 Å². The highest BCUT2D eigenvalue weighted by Crippen LogP contribution is 2.29. The van der Waals surface area contributed by atoms with Gasteiger partial charge in [-0.3, -0.25) is 4.57 Å². The molecular weight excluding hydrogens is 469 g/mol. The van der Waals surface area contributed by atoms with E-state index in [1.165, 1.54) is 5.56 Å². The summed E-state index contributed by atoms with van der Waals surface area (Å²) in [7, 11) is 0. The fourth-order valence-electron chi connectivity index (χ4n) is 2.35. The minimum absolute atomic E-state index is 0.234. The largest absolute Gasteiger partial charge is 0.484 e. The minimum Gasteiger partial charge on any atom is -0.484 e. The van der Waals surface area contributed by atoms with Gasteiger partial charge in [-0.25, -0.2) is 0 Å². The van der Waals surface area contributed by atoms with Crippen LogP contribution in [0, 0.1) is 0 Å². The molecule has 140 valence electrons. The molecule has 0 saturated heterocycles. The number of halogens is 3. The summed E-state index contributed by atoms with van der Waals surface area (Å²) < 4.78 is 8.83. The SMILES string of the molecule is C=CCn1c(COc2cc(Cl)ccc2Cl)nnc1SCc1cccc(Br)c1. The number of benzene rings is 2. The summed E-state index contributed by atoms with van der Waals surface area (Å²) in [5.41, 5.74) is 1.20. The van der Waals surface area contributed by atoms with Crippen LogP contribution in [0.1, 0.15) is 11.4 Å². The van der Waals surface area contributed by atoms with Crippen LogP contribution in [-0.4, -0.2) is 14.8 Å². The van der Waals surface area contributed by atoms with E-state index in [-0.39, 0.29) is 6.61 Å². The van der Waals surface area contributed by atoms with Crippen molar-refractivity contribution in [3.8, 4) is 5.75 Å². The number of nitrogens with zero attached hydrogens (tertiary/aromatic N) is 3. The normalized spacial score (nSPS) is 10.8. The van der Waals surface area contributed by atoms with Gasteiger partial charge in [0.2, 0.25) is 0 Å². The first-order chi connectivity index (χ1) is 13.1. The van der Waals surface area contributed by atoms with E-state index in [0.29, 0.717) is 28.2 Å². The molecule has 0 atom stereocenters. The number of hydrogen-bond acceptors (Lipinski definition) is 4. The van der Waals surface area contributed by atoms with Crippen LogP contribution in [0.25, 0.3) is 0 Å². The Balaban J connectivity index is 1.72. The molecule has 0 amide bonds. The van der Waals surface area contributed by atoms with Gasteiger partial charge < -0.3 is 4.74 Å². The molecule has 3 rings (SSSR count). The molecule has 2 aromatic carbocycles. The summed E-state index contributed by atoms with van der Waals surface area (Å²) in [6, 6.07) is 13.3. The second-order valence-corrected chi connectivity index (χ2v) is 8.28. The Labute approximate surface area is 180 Å². The lowest BCUT2D eigenvalue weighted by molar-refractivity contribution is 0.289. The Bertz CT molecular complexity index is 948. The quantitative estimate of drug-likeness (QED) is 0.273. The Hall–Kier alpha value is -1.47. The average Bonchev–Trinajstić information content (AvgIpc) is 3.03. The fraction of sp³-hybridized carbons (Fsp3) is 0.158. The highest BCUT2D eigenvalue weighted by Gasteiger charge is 2.13. The zero-order chi connectivity index (χ0) is 19.2. The second kappa shape index (κ2) is 9.64. The molecule has 8 heteroatoms. The van der Waals surface area contributed by atoms with Crippen molar-refractivity contribution in [1.29, 1.82) is 0 Å². The van der Waals surface area contributed by atoms with E-state index in [2.05, 4.69) is 44.8 Å². The summed E-state index contributed by atoms with van der Waals surface area (Å²) in [5, 5.41) is 10.4. The van der Waals surface area contributed by atoms with Crippen LogP contribution in [0.2, 0.25) is 10.0 Å². The molecule has 0 spiro atoms. The number of aromatic nitrogens is 3. The standard InChI is InChI=1S/C19H16BrCl2N3OS/c1-2-8-25-18(11-26-17-10-15(21)6-7-16(17)22)23-24-19(25)27-12-13-4-3-5-14(20)9-13/h2-7,9-10H,1,8,11-12H2. The van der Waals surface area contributed by atoms with Crippen molar-refractivity contribution in [2.24, 2.45) is 0 Å². The lowest BCUT2D eigenvalue weighted by Crippen LogP contribution is -2.07. The Morgan fingerprint density at radius 3 is 2.81 bits per heavy atom. The first-order valence-electron chi connectivity index (χ1n) is 8.05. The third-order valence-electron chi connectivity index (χ3n) is 3.61. The summed E-state index contributed by atoms with van der Waals surface area (Å²) in [4.78, 5) is 0. The van der Waals surface area contributed by atoms with Gasteiger partial charge in [-0.1, -0.05) is 69.1 Å². The van der Waals surface area contributed by atoms with Crippen molar-refractivity contribution in [2.75, 3.05) is 0 Å². The van der Waals surface area contributed by atoms with Crippen LogP contribution >= 0.6 is 50.9 Å². The zero-order valence-corrected chi connectivity index (χ0v) is 18.2. The molecule has 0 aliphatic heterocycles. The first-order valence-corrected chi connectivity index (χ1v) is 10.6. The van der Waals surface area contributed by atoms with Gasteiger partial charge in [0.15, 0.2) is 11.0 Å². The molecule has 0 fully saturated rings. The Kier molecular flexibility index (Phi) is 7.24. The predicted octanol–water partition coefficient (Wildman–Crippen LogP) is 6.40. The number of rotatable bonds is 8. The predicted molar refractivity (Wildman–Crippen MR) is 115 cm³/mol. The Morgan fingerprint density at radius 1 is 1.19 bits per heavy atom. The minimum atomic E-state index is 0.234. The van der Waals surface area contributed by atoms with Gasteiger partial charge in [0.1, 0.15) is 12.4 Å². The van der Waals surface area contributed by atoms with E-state index < -0.39 is 0 Å². The summed E-state index contributed by atoms with van der Waals surface area (Å²) >= 11 is 17.3. The van der Waals surface area contributed by atoms with Gasteiger partial charge in [0.25, 0.3) is 0 Å². The van der Waals surface area contributed by atoms with E-state index in [4.69, 9.17) is 27.9 Å². The third-order valence-corrected chi connectivity index (χ3v) is 5.69. The van der Waals surface area contributed by atoms with E-state index in [1.54, 1.807) is 30.0 Å². The molecule has 1 aromatic heterocycles. The van der Waals surface area contributed by atoms with Crippen LogP contribution in [0.15, 0.2) is 64.7 Å². The number of thioether (sulfide) groups is 1. The van der Waals surface area contributed by atoms with Crippen molar-refractivity contribution in [3.05, 3.63) is 81.0 Å². The zero-order valence-electron chi connectivity index (χ0n) is 14.2. The van der Waals surface area contributed by atoms with Crippen molar-refractivity contribution < 1.29 is 4.74 Å². The molecule has 3 aromatic rings. The van der Waals surface area contributed by atoms with E-state index in [9.17, 15) is 0 Å². The van der Waals surface area contributed by atoms with Crippen LogP contribution in [0.5, 0.6) is 5.75 Å². The van der Waals surface area contributed by atoms with E-state index in [1.807, 2.05) is 22.8 Å². The van der Waals surface area contributed by atoms with Crippen LogP contribution in [0.4, 0.5) is 0 Å². The lowest BCUT2D eigenvalue weighted by atomic mass is 10.2. The van der Waals surface area contributed by atoms with Gasteiger partial charge in [-0.2, -0.15) is 0 Å². The van der Waals surface area contributed by atoms with Gasteiger partial charge in [-0.15, -0.1) is 16.8 Å². The molecule has 0 N–H and O–H groups in total. The van der Waals surface area contributed by atoms with Crippen molar-refractivity contribution in [1.82, 2.24) is 14.8 Å². The smallest absolute Gasteiger partial charge is 0.191 e. The van der Waals surface area contributed by atoms with Crippen LogP contribution in [-0.2, 0) is 18.9 Å². The fourth-order valence-corrected chi connectivity index (χ4v) is 4.04. The number of ether oxygens (including phenoxy) is 1. The number of hydrogen-bond donors (Lipinski definition) is 0. The van der Waals surface area contributed by atoms with Gasteiger partial charge in [-0.05, 0) is 29.8 Å². The Morgan fingerprint density at radius 2 is 2.04 bits per heavy atom. The molecular formula is C19H16BrCl2N3OS. The highest BCUT2D eigenvalue weighted by atomic mass is 79.9. The maximum absolute atomic E-state index is 6.15. The molecule has 0 aliphatic rings. The van der Waals surface area contributed by atoms with Gasteiger partial charge >= 0.3 is 0 Å². The molecule has 0 bridgehead atoms. The third kappa shape index (κ3) is 5.51. The van der Waals surface area contributed by atoms with Gasteiger partial charge in [0, 0.05) is 27.9 Å². The van der Waals surface area contributed by atoms with E-state index >= 15 is 0 Å². The first kappa shape index (κ1) is 20.3. The molecule has 0 saturated carbocycles. The molecule has 4 nitrogen and oxygen atoms in total. The molecule has 27 heavy (non-hydrogen) atoms. The molecule has 1 heterocycles. The van der Waals surface area contributed by atoms with Crippen molar-refractivity contribution in [2.45, 2.75) is 24.1 Å². The monoisotopic (exact) mass is 483 g/mol. The molecule has 0 radical (unpaired) electrons. The highest BCUT2D eigenvalue weighted by molar-refractivity contribution is 9.10. The van der Waals surface area contributed by atoms with Crippen molar-refractivity contribution in [3.63, 3.8) is 0 Å². The van der Waals surface area contributed by atoms with Gasteiger partial charge in [0.05, 0.1) is 5.02 Å². The van der Waals surface area contributed by atoms with Crippen LogP contribution in [0.3, 0.4) is 0 Å². The molecule has 0 aliphatic carbocycles. The lowest BCUT2D eigenvalue weighted by Gasteiger charge is -2.10. The second-order valence-electron chi connectivity index (χ2n) is 5.58.